The van der Waals surface area contributed by atoms with Crippen LogP contribution in [0.1, 0.15) is 76.7 Å². The molecule has 0 radical (unpaired) electrons. The highest BCUT2D eigenvalue weighted by Crippen LogP contribution is 2.38. The molecule has 54 heavy (non-hydrogen) atoms. The number of aryl methyl sites for hydroxylation is 1. The average molecular weight is 745 g/mol. The van der Waals surface area contributed by atoms with Crippen LogP contribution in [-0.4, -0.2) is 33.3 Å². The van der Waals surface area contributed by atoms with Crippen molar-refractivity contribution in [3.63, 3.8) is 0 Å². The first-order valence-corrected chi connectivity index (χ1v) is 18.5. The number of nitrogens with zero attached hydrogens (tertiary/aromatic N) is 2. The molecule has 4 aromatic carbocycles. The number of pyridine rings is 1. The Morgan fingerprint density at radius 1 is 0.963 bits per heavy atom. The lowest BCUT2D eigenvalue weighted by molar-refractivity contribution is -0.145. The van der Waals surface area contributed by atoms with Crippen LogP contribution in [0.4, 0.5) is 0 Å². The Bertz CT molecular complexity index is 2220. The summed E-state index contributed by atoms with van der Waals surface area (Å²) in [6.45, 7) is 5.39. The van der Waals surface area contributed by atoms with Gasteiger partial charge in [-0.25, -0.2) is 0 Å². The first-order valence-electron chi connectivity index (χ1n) is 18.1. The third kappa shape index (κ3) is 8.43. The highest BCUT2D eigenvalue weighted by Gasteiger charge is 2.32. The molecule has 278 valence electrons. The lowest BCUT2D eigenvalue weighted by Gasteiger charge is -2.25. The van der Waals surface area contributed by atoms with Crippen molar-refractivity contribution in [1.82, 2.24) is 10.3 Å². The van der Waals surface area contributed by atoms with E-state index in [1.54, 1.807) is 24.4 Å². The number of aromatic nitrogens is 1. The number of halogens is 1. The number of aliphatic hydroxyl groups is 1. The quantitative estimate of drug-likeness (QED) is 0.0872. The van der Waals surface area contributed by atoms with Crippen LogP contribution in [0.5, 0.6) is 11.5 Å². The molecular formula is C44H45ClN4O5. The van der Waals surface area contributed by atoms with Crippen LogP contribution in [-0.2, 0) is 31.0 Å². The van der Waals surface area contributed by atoms with E-state index in [9.17, 15) is 20.3 Å². The number of carboxylic acid groups (broad SMARTS) is 1. The van der Waals surface area contributed by atoms with E-state index in [1.807, 2.05) is 12.1 Å². The smallest absolute Gasteiger partial charge is 0.326 e. The Morgan fingerprint density at radius 3 is 2.46 bits per heavy atom. The number of hydrogen-bond acceptors (Lipinski definition) is 8. The summed E-state index contributed by atoms with van der Waals surface area (Å²) in [5.74, 6) is -0.422. The fourth-order valence-electron chi connectivity index (χ4n) is 6.94. The van der Waals surface area contributed by atoms with Crippen molar-refractivity contribution in [2.24, 2.45) is 5.73 Å². The topological polar surface area (TPSA) is 151 Å². The molecule has 1 aromatic heterocycles. The van der Waals surface area contributed by atoms with Crippen molar-refractivity contribution in [3.8, 4) is 39.8 Å². The molecular weight excluding hydrogens is 700 g/mol. The van der Waals surface area contributed by atoms with Crippen LogP contribution in [0.2, 0.25) is 5.02 Å². The lowest BCUT2D eigenvalue weighted by atomic mass is 9.88. The monoisotopic (exact) mass is 744 g/mol. The maximum Gasteiger partial charge on any atom is 0.326 e. The summed E-state index contributed by atoms with van der Waals surface area (Å²) in [6.07, 6.45) is 7.49. The molecule has 0 amide bonds. The number of carboxylic acids is 1. The zero-order chi connectivity index (χ0) is 38.4. The normalized spacial score (nSPS) is 15.0. The van der Waals surface area contributed by atoms with E-state index in [1.165, 1.54) is 47.4 Å². The minimum absolute atomic E-state index is 0.0347. The summed E-state index contributed by atoms with van der Waals surface area (Å²) in [4.78, 5) is 16.0. The molecule has 1 aliphatic rings. The molecule has 0 aliphatic heterocycles. The first kappa shape index (κ1) is 38.5. The Balaban J connectivity index is 1.26. The molecule has 5 aromatic rings. The molecule has 0 spiro atoms. The molecule has 6 rings (SSSR count). The number of ether oxygens (including phenoxy) is 2. The fourth-order valence-corrected chi connectivity index (χ4v) is 7.18. The molecule has 1 aliphatic carbocycles. The number of carbonyl (C=O) groups is 1. The van der Waals surface area contributed by atoms with Gasteiger partial charge in [-0.2, -0.15) is 5.26 Å². The van der Waals surface area contributed by atoms with E-state index in [2.05, 4.69) is 72.7 Å². The second-order valence-electron chi connectivity index (χ2n) is 14.1. The summed E-state index contributed by atoms with van der Waals surface area (Å²) >= 11 is 6.77. The molecule has 0 bridgehead atoms. The lowest BCUT2D eigenvalue weighted by Crippen LogP contribution is -2.52. The number of nitrogens with two attached hydrogens (primary N) is 1. The van der Waals surface area contributed by atoms with Gasteiger partial charge in [-0.3, -0.25) is 15.1 Å². The number of aliphatic carboxylic acids is 1. The van der Waals surface area contributed by atoms with Gasteiger partial charge in [0.1, 0.15) is 36.3 Å². The zero-order valence-electron chi connectivity index (χ0n) is 30.8. The fraction of sp³-hybridized carbons (Fsp3) is 0.295. The van der Waals surface area contributed by atoms with Gasteiger partial charge >= 0.3 is 5.97 Å². The highest BCUT2D eigenvalue weighted by atomic mass is 35.5. The van der Waals surface area contributed by atoms with Gasteiger partial charge < -0.3 is 25.4 Å². The van der Waals surface area contributed by atoms with Gasteiger partial charge in [0.05, 0.1) is 17.2 Å². The van der Waals surface area contributed by atoms with Crippen LogP contribution in [0, 0.1) is 25.2 Å². The summed E-state index contributed by atoms with van der Waals surface area (Å²) in [6, 6.07) is 26.6. The van der Waals surface area contributed by atoms with Crippen LogP contribution in [0.15, 0.2) is 85.2 Å². The summed E-state index contributed by atoms with van der Waals surface area (Å²) in [5, 5.41) is 32.0. The number of hydrogen-bond donors (Lipinski definition) is 4. The van der Waals surface area contributed by atoms with Crippen molar-refractivity contribution in [2.75, 3.05) is 6.61 Å². The van der Waals surface area contributed by atoms with Gasteiger partial charge in [0.25, 0.3) is 0 Å². The number of rotatable bonds is 13. The second-order valence-corrected chi connectivity index (χ2v) is 14.6. The highest BCUT2D eigenvalue weighted by molar-refractivity contribution is 6.32. The third-order valence-electron chi connectivity index (χ3n) is 10.4. The Labute approximate surface area is 321 Å². The number of nitrogens with one attached hydrogen (secondary N) is 1. The molecule has 2 unspecified atom stereocenters. The molecule has 0 saturated carbocycles. The van der Waals surface area contributed by atoms with Gasteiger partial charge in [0.2, 0.25) is 0 Å². The second kappa shape index (κ2) is 16.8. The minimum Gasteiger partial charge on any atom is -0.488 e. The van der Waals surface area contributed by atoms with Crippen LogP contribution in [0.3, 0.4) is 0 Å². The molecule has 5 N–H and O–H groups in total. The molecule has 1 heterocycles. The van der Waals surface area contributed by atoms with E-state index in [4.69, 9.17) is 26.8 Å². The molecule has 10 heteroatoms. The Morgan fingerprint density at radius 2 is 1.70 bits per heavy atom. The van der Waals surface area contributed by atoms with Crippen molar-refractivity contribution in [2.45, 2.75) is 77.8 Å². The summed E-state index contributed by atoms with van der Waals surface area (Å²) in [5.41, 5.74) is 17.1. The van der Waals surface area contributed by atoms with Crippen molar-refractivity contribution in [3.05, 3.63) is 135 Å². The van der Waals surface area contributed by atoms with E-state index < -0.39 is 18.1 Å². The number of benzene rings is 4. The van der Waals surface area contributed by atoms with Crippen LogP contribution in [0.25, 0.3) is 22.3 Å². The van der Waals surface area contributed by atoms with Crippen molar-refractivity contribution in [1.29, 1.82) is 5.26 Å². The largest absolute Gasteiger partial charge is 0.488 e. The van der Waals surface area contributed by atoms with E-state index in [0.717, 1.165) is 41.5 Å². The first-order chi connectivity index (χ1) is 26.0. The Hall–Kier alpha value is -5.24. The molecule has 2 atom stereocenters. The predicted molar refractivity (Wildman–Crippen MR) is 210 cm³/mol. The number of nitriles is 1. The van der Waals surface area contributed by atoms with Gasteiger partial charge in [0, 0.05) is 42.2 Å². The van der Waals surface area contributed by atoms with Crippen LogP contribution >= 0.6 is 11.6 Å². The summed E-state index contributed by atoms with van der Waals surface area (Å²) < 4.78 is 12.5. The third-order valence-corrected chi connectivity index (χ3v) is 10.7. The van der Waals surface area contributed by atoms with E-state index in [-0.39, 0.29) is 25.8 Å². The zero-order valence-corrected chi connectivity index (χ0v) is 31.5. The van der Waals surface area contributed by atoms with Crippen LogP contribution < -0.4 is 20.5 Å². The van der Waals surface area contributed by atoms with Gasteiger partial charge in [-0.1, -0.05) is 66.6 Å². The maximum atomic E-state index is 11.8. The van der Waals surface area contributed by atoms with Gasteiger partial charge in [-0.15, -0.1) is 0 Å². The van der Waals surface area contributed by atoms with Crippen molar-refractivity contribution >= 4 is 17.6 Å². The molecule has 9 nitrogen and oxygen atoms in total. The van der Waals surface area contributed by atoms with E-state index in [0.29, 0.717) is 33.2 Å². The number of fused-ring (bicyclic) bond motifs is 1. The average Bonchev–Trinajstić information content (AvgIpc) is 3.37. The van der Waals surface area contributed by atoms with Crippen molar-refractivity contribution < 1.29 is 24.5 Å². The molecule has 0 fully saturated rings. The maximum absolute atomic E-state index is 11.8. The standard InChI is InChI=1S/C44H45ClN4O5/c1-27-33(9-6-11-36(27)37-12-7-10-35(28(37)2)32-15-14-31-8-4-5-13-40(47)38(31)17-32)25-54-42-19-41(53-24-30-16-29(20-46)21-48-22-30)34(18-39(42)45)23-49-44(3,26-50)43(51)52/h6-7,9-12,14-19,21-22,40,49-50H,4-5,8,13,23-26,47H2,1-3H3,(H,51,52). The number of aliphatic hydroxyl groups excluding tert-OH is 1. The van der Waals surface area contributed by atoms with Gasteiger partial charge in [-0.05, 0) is 108 Å². The minimum atomic E-state index is -1.59. The SMILES string of the molecule is Cc1c(COc2cc(OCc3cncc(C#N)c3)c(CNC(C)(CO)C(=O)O)cc2Cl)cccc1-c1cccc(-c2ccc3c(c2)C(N)CCCC3)c1C. The van der Waals surface area contributed by atoms with E-state index >= 15 is 0 Å². The van der Waals surface area contributed by atoms with Gasteiger partial charge in [0.15, 0.2) is 0 Å². The predicted octanol–water partition coefficient (Wildman–Crippen LogP) is 8.37. The molecule has 0 saturated heterocycles. The Kier molecular flexibility index (Phi) is 12.0. The summed E-state index contributed by atoms with van der Waals surface area (Å²) in [7, 11) is 0.